The van der Waals surface area contributed by atoms with Gasteiger partial charge in [0, 0.05) is 17.3 Å². The summed E-state index contributed by atoms with van der Waals surface area (Å²) in [5.74, 6) is 0.821. The van der Waals surface area contributed by atoms with Gasteiger partial charge >= 0.3 is 6.03 Å². The molecule has 1 N–H and O–H groups in total. The van der Waals surface area contributed by atoms with Gasteiger partial charge in [-0.25, -0.2) is 4.79 Å². The number of nitrogens with one attached hydrogen (secondary N) is 1. The van der Waals surface area contributed by atoms with Crippen LogP contribution in [0.1, 0.15) is 24.0 Å². The quantitative estimate of drug-likeness (QED) is 0.899. The molecule has 0 saturated heterocycles. The lowest BCUT2D eigenvalue weighted by Crippen LogP contribution is -2.36. The van der Waals surface area contributed by atoms with Crippen LogP contribution >= 0.6 is 0 Å². The summed E-state index contributed by atoms with van der Waals surface area (Å²) < 4.78 is 5.40. The Morgan fingerprint density at radius 2 is 1.87 bits per heavy atom. The molecule has 1 aliphatic rings. The largest absolute Gasteiger partial charge is 0.496 e. The Morgan fingerprint density at radius 3 is 2.52 bits per heavy atom. The van der Waals surface area contributed by atoms with E-state index in [2.05, 4.69) is 5.32 Å². The van der Waals surface area contributed by atoms with Crippen LogP contribution in [-0.4, -0.2) is 24.1 Å². The summed E-state index contributed by atoms with van der Waals surface area (Å²) in [5, 5.41) is 2.99. The number of para-hydroxylation sites is 1. The highest BCUT2D eigenvalue weighted by Gasteiger charge is 2.33. The molecular weight excluding hydrogens is 288 g/mol. The lowest BCUT2D eigenvalue weighted by molar-refractivity contribution is 0.205. The summed E-state index contributed by atoms with van der Waals surface area (Å²) in [4.78, 5) is 14.6. The third kappa shape index (κ3) is 3.83. The third-order valence-corrected chi connectivity index (χ3v) is 4.08. The van der Waals surface area contributed by atoms with Crippen molar-refractivity contribution in [2.24, 2.45) is 0 Å². The second kappa shape index (κ2) is 6.73. The first-order valence-corrected chi connectivity index (χ1v) is 7.93. The predicted molar refractivity (Wildman–Crippen MR) is 91.8 cm³/mol. The van der Waals surface area contributed by atoms with Crippen molar-refractivity contribution in [3.8, 4) is 5.75 Å². The molecule has 1 fully saturated rings. The minimum atomic E-state index is -0.0535. The van der Waals surface area contributed by atoms with Gasteiger partial charge in [0.25, 0.3) is 0 Å². The fourth-order valence-electron chi connectivity index (χ4n) is 2.60. The van der Waals surface area contributed by atoms with E-state index in [-0.39, 0.29) is 6.03 Å². The standard InChI is InChI=1S/C19H22N2O2/c1-14-7-9-16(10-8-14)20-19(22)21(17-11-12-17)13-15-5-3-4-6-18(15)23-2/h3-10,17H,11-13H2,1-2H3,(H,20,22). The van der Waals surface area contributed by atoms with E-state index in [9.17, 15) is 4.79 Å². The van der Waals surface area contributed by atoms with Crippen molar-refractivity contribution in [2.75, 3.05) is 12.4 Å². The topological polar surface area (TPSA) is 41.6 Å². The van der Waals surface area contributed by atoms with Crippen LogP contribution in [0.3, 0.4) is 0 Å². The number of anilines is 1. The lowest BCUT2D eigenvalue weighted by atomic mass is 10.2. The van der Waals surface area contributed by atoms with Crippen molar-refractivity contribution in [3.05, 3.63) is 59.7 Å². The SMILES string of the molecule is COc1ccccc1CN(C(=O)Nc1ccc(C)cc1)C1CC1. The van der Waals surface area contributed by atoms with Gasteiger partial charge in [0.05, 0.1) is 13.7 Å². The second-order valence-corrected chi connectivity index (χ2v) is 5.97. The molecule has 0 spiro atoms. The zero-order valence-corrected chi connectivity index (χ0v) is 13.6. The van der Waals surface area contributed by atoms with Crippen LogP contribution in [0.5, 0.6) is 5.75 Å². The summed E-state index contributed by atoms with van der Waals surface area (Å²) in [7, 11) is 1.66. The first-order valence-electron chi connectivity index (χ1n) is 7.93. The number of methoxy groups -OCH3 is 1. The van der Waals surface area contributed by atoms with E-state index >= 15 is 0 Å². The summed E-state index contributed by atoms with van der Waals surface area (Å²) >= 11 is 0. The maximum absolute atomic E-state index is 12.7. The van der Waals surface area contributed by atoms with Crippen LogP contribution in [0.2, 0.25) is 0 Å². The number of nitrogens with zero attached hydrogens (tertiary/aromatic N) is 1. The molecule has 2 aromatic rings. The normalized spacial score (nSPS) is 13.5. The number of ether oxygens (including phenoxy) is 1. The van der Waals surface area contributed by atoms with E-state index in [0.717, 1.165) is 29.8 Å². The molecule has 3 rings (SSSR count). The van der Waals surface area contributed by atoms with E-state index in [1.807, 2.05) is 60.4 Å². The minimum Gasteiger partial charge on any atom is -0.496 e. The Kier molecular flexibility index (Phi) is 4.51. The summed E-state index contributed by atoms with van der Waals surface area (Å²) in [6.45, 7) is 2.59. The predicted octanol–water partition coefficient (Wildman–Crippen LogP) is 4.20. The van der Waals surface area contributed by atoms with Crippen LogP contribution in [0.15, 0.2) is 48.5 Å². The van der Waals surface area contributed by atoms with Crippen LogP contribution < -0.4 is 10.1 Å². The van der Waals surface area contributed by atoms with Crippen molar-refractivity contribution in [2.45, 2.75) is 32.4 Å². The van der Waals surface area contributed by atoms with Gasteiger partial charge in [0.1, 0.15) is 5.75 Å². The molecule has 0 heterocycles. The van der Waals surface area contributed by atoms with Crippen molar-refractivity contribution < 1.29 is 9.53 Å². The summed E-state index contributed by atoms with van der Waals surface area (Å²) in [6.07, 6.45) is 2.13. The Labute approximate surface area is 137 Å². The van der Waals surface area contributed by atoms with Gasteiger partial charge in [-0.2, -0.15) is 0 Å². The van der Waals surface area contributed by atoms with Gasteiger partial charge in [-0.05, 0) is 38.0 Å². The number of amides is 2. The highest BCUT2D eigenvalue weighted by molar-refractivity contribution is 5.89. The molecule has 0 aromatic heterocycles. The number of carbonyl (C=O) groups excluding carboxylic acids is 1. The number of hydrogen-bond donors (Lipinski definition) is 1. The number of hydrogen-bond acceptors (Lipinski definition) is 2. The number of benzene rings is 2. The molecule has 0 radical (unpaired) electrons. The van der Waals surface area contributed by atoms with Crippen molar-refractivity contribution in [3.63, 3.8) is 0 Å². The highest BCUT2D eigenvalue weighted by Crippen LogP contribution is 2.31. The monoisotopic (exact) mass is 310 g/mol. The molecule has 0 unspecified atom stereocenters. The molecule has 23 heavy (non-hydrogen) atoms. The maximum atomic E-state index is 12.7. The number of aryl methyl sites for hydroxylation is 1. The van der Waals surface area contributed by atoms with E-state index in [1.54, 1.807) is 7.11 Å². The Morgan fingerprint density at radius 1 is 1.17 bits per heavy atom. The fourth-order valence-corrected chi connectivity index (χ4v) is 2.60. The van der Waals surface area contributed by atoms with Crippen LogP contribution in [0.4, 0.5) is 10.5 Å². The molecule has 4 heteroatoms. The first kappa shape index (κ1) is 15.4. The molecule has 0 bridgehead atoms. The van der Waals surface area contributed by atoms with Crippen molar-refractivity contribution in [1.82, 2.24) is 4.90 Å². The number of urea groups is 1. The molecule has 1 saturated carbocycles. The zero-order chi connectivity index (χ0) is 16.2. The average molecular weight is 310 g/mol. The molecular formula is C19H22N2O2. The van der Waals surface area contributed by atoms with Gasteiger partial charge < -0.3 is 15.0 Å². The lowest BCUT2D eigenvalue weighted by Gasteiger charge is -2.24. The first-order chi connectivity index (χ1) is 11.2. The van der Waals surface area contributed by atoms with Gasteiger partial charge in [0.2, 0.25) is 0 Å². The Balaban J connectivity index is 1.73. The maximum Gasteiger partial charge on any atom is 0.322 e. The third-order valence-electron chi connectivity index (χ3n) is 4.08. The van der Waals surface area contributed by atoms with E-state index in [1.165, 1.54) is 5.56 Å². The molecule has 2 amide bonds. The zero-order valence-electron chi connectivity index (χ0n) is 13.6. The molecule has 4 nitrogen and oxygen atoms in total. The Hall–Kier alpha value is -2.49. The van der Waals surface area contributed by atoms with Crippen molar-refractivity contribution >= 4 is 11.7 Å². The van der Waals surface area contributed by atoms with Crippen molar-refractivity contribution in [1.29, 1.82) is 0 Å². The van der Waals surface area contributed by atoms with E-state index in [4.69, 9.17) is 4.74 Å². The summed E-state index contributed by atoms with van der Waals surface area (Å²) in [6, 6.07) is 16.0. The minimum absolute atomic E-state index is 0.0535. The average Bonchev–Trinajstić information content (AvgIpc) is 3.39. The number of rotatable bonds is 5. The van der Waals surface area contributed by atoms with Crippen LogP contribution in [-0.2, 0) is 6.54 Å². The fraction of sp³-hybridized carbons (Fsp3) is 0.316. The summed E-state index contributed by atoms with van der Waals surface area (Å²) in [5.41, 5.74) is 3.03. The van der Waals surface area contributed by atoms with Crippen LogP contribution in [0, 0.1) is 6.92 Å². The molecule has 120 valence electrons. The van der Waals surface area contributed by atoms with Gasteiger partial charge in [-0.15, -0.1) is 0 Å². The molecule has 0 aliphatic heterocycles. The van der Waals surface area contributed by atoms with Gasteiger partial charge in [-0.1, -0.05) is 35.9 Å². The molecule has 2 aromatic carbocycles. The van der Waals surface area contributed by atoms with E-state index < -0.39 is 0 Å². The molecule has 0 atom stereocenters. The van der Waals surface area contributed by atoms with Gasteiger partial charge in [0.15, 0.2) is 0 Å². The number of carbonyl (C=O) groups is 1. The smallest absolute Gasteiger partial charge is 0.322 e. The van der Waals surface area contributed by atoms with Gasteiger partial charge in [-0.3, -0.25) is 0 Å². The van der Waals surface area contributed by atoms with Crippen LogP contribution in [0.25, 0.3) is 0 Å². The highest BCUT2D eigenvalue weighted by atomic mass is 16.5. The second-order valence-electron chi connectivity index (χ2n) is 5.97. The Bertz CT molecular complexity index is 678. The molecule has 1 aliphatic carbocycles. The van der Waals surface area contributed by atoms with E-state index in [0.29, 0.717) is 12.6 Å².